The van der Waals surface area contributed by atoms with E-state index in [4.69, 9.17) is 19.3 Å². The number of rotatable bonds is 6. The zero-order chi connectivity index (χ0) is 23.5. The van der Waals surface area contributed by atoms with Crippen molar-refractivity contribution in [2.24, 2.45) is 0 Å². The van der Waals surface area contributed by atoms with E-state index in [9.17, 15) is 4.79 Å². The topological polar surface area (TPSA) is 65.0 Å². The van der Waals surface area contributed by atoms with E-state index in [1.54, 1.807) is 31.4 Å². The minimum absolute atomic E-state index is 0.177. The molecule has 0 aromatic heterocycles. The summed E-state index contributed by atoms with van der Waals surface area (Å²) in [7, 11) is 2.98. The van der Waals surface area contributed by atoms with E-state index in [-0.39, 0.29) is 25.3 Å². The number of benzene rings is 3. The van der Waals surface area contributed by atoms with Gasteiger partial charge in [-0.2, -0.15) is 0 Å². The molecule has 5 nitrogen and oxygen atoms in total. The molecule has 3 aromatic carbocycles. The molecule has 0 heterocycles. The first kappa shape index (κ1) is 23.6. The lowest BCUT2D eigenvalue weighted by atomic mass is 10.00. The zero-order valence-corrected chi connectivity index (χ0v) is 18.5. The minimum Gasteiger partial charge on any atom is -0.497 e. The number of hydrogen-bond acceptors (Lipinski definition) is 5. The average molecular weight is 440 g/mol. The Balaban J connectivity index is 1.76. The molecule has 0 aliphatic rings. The lowest BCUT2D eigenvalue weighted by molar-refractivity contribution is 0.0600. The third-order valence-electron chi connectivity index (χ3n) is 4.80. The Morgan fingerprint density at radius 3 is 1.91 bits per heavy atom. The van der Waals surface area contributed by atoms with E-state index in [1.807, 2.05) is 48.5 Å². The number of carbonyl (C=O) groups excluding carboxylic acids is 1. The molecule has 1 unspecified atom stereocenters. The largest absolute Gasteiger partial charge is 0.497 e. The highest BCUT2D eigenvalue weighted by Crippen LogP contribution is 2.27. The number of aliphatic hydroxyl groups is 1. The maximum absolute atomic E-state index is 11.5. The van der Waals surface area contributed by atoms with E-state index >= 15 is 0 Å². The van der Waals surface area contributed by atoms with Gasteiger partial charge in [0, 0.05) is 11.1 Å². The van der Waals surface area contributed by atoms with Crippen LogP contribution in [0.15, 0.2) is 72.8 Å². The van der Waals surface area contributed by atoms with Gasteiger partial charge < -0.3 is 19.3 Å². The standard InChI is InChI=1S/C28H24O5/c1-31-26-17-15-24(16-18-26)27(23-11-7-21(8-12-23)5-3-19-29)33-20-4-6-22-9-13-25(14-10-22)28(30)32-2/h7-18,27,29H,19-20H2,1-2H3. The fraction of sp³-hybridized carbons (Fsp3) is 0.179. The van der Waals surface area contributed by atoms with E-state index in [0.29, 0.717) is 5.56 Å². The van der Waals surface area contributed by atoms with Gasteiger partial charge in [0.1, 0.15) is 25.1 Å². The number of hydrogen-bond donors (Lipinski definition) is 1. The minimum atomic E-state index is -0.381. The molecule has 0 saturated carbocycles. The van der Waals surface area contributed by atoms with Gasteiger partial charge in [-0.05, 0) is 59.7 Å². The predicted molar refractivity (Wildman–Crippen MR) is 126 cm³/mol. The fourth-order valence-corrected chi connectivity index (χ4v) is 3.12. The molecule has 3 rings (SSSR count). The first-order valence-electron chi connectivity index (χ1n) is 10.3. The summed E-state index contributed by atoms with van der Waals surface area (Å²) >= 11 is 0. The van der Waals surface area contributed by atoms with Crippen LogP contribution in [0.4, 0.5) is 0 Å². The first-order valence-corrected chi connectivity index (χ1v) is 10.3. The number of ether oxygens (including phenoxy) is 3. The van der Waals surface area contributed by atoms with Crippen LogP contribution in [-0.4, -0.2) is 38.5 Å². The normalized spacial score (nSPS) is 10.8. The van der Waals surface area contributed by atoms with Crippen molar-refractivity contribution in [2.75, 3.05) is 27.4 Å². The quantitative estimate of drug-likeness (QED) is 0.464. The third-order valence-corrected chi connectivity index (χ3v) is 4.80. The second-order valence-electron chi connectivity index (χ2n) is 6.92. The van der Waals surface area contributed by atoms with E-state index in [0.717, 1.165) is 28.0 Å². The first-order chi connectivity index (χ1) is 16.1. The van der Waals surface area contributed by atoms with Gasteiger partial charge in [0.25, 0.3) is 0 Å². The molecule has 0 amide bonds. The van der Waals surface area contributed by atoms with Gasteiger partial charge in [-0.1, -0.05) is 47.9 Å². The van der Waals surface area contributed by atoms with Crippen LogP contribution in [0.25, 0.3) is 0 Å². The monoisotopic (exact) mass is 440 g/mol. The van der Waals surface area contributed by atoms with E-state index in [2.05, 4.69) is 23.7 Å². The van der Waals surface area contributed by atoms with Gasteiger partial charge in [0.2, 0.25) is 0 Å². The zero-order valence-electron chi connectivity index (χ0n) is 18.5. The van der Waals surface area contributed by atoms with E-state index in [1.165, 1.54) is 7.11 Å². The molecule has 3 aromatic rings. The van der Waals surface area contributed by atoms with E-state index < -0.39 is 0 Å². The van der Waals surface area contributed by atoms with Crippen molar-refractivity contribution in [3.05, 3.63) is 101 Å². The molecule has 1 N–H and O–H groups in total. The highest BCUT2D eigenvalue weighted by atomic mass is 16.5. The highest BCUT2D eigenvalue weighted by molar-refractivity contribution is 5.89. The summed E-state index contributed by atoms with van der Waals surface area (Å²) < 4.78 is 16.1. The average Bonchev–Trinajstić information content (AvgIpc) is 2.88. The van der Waals surface area contributed by atoms with Crippen molar-refractivity contribution < 1.29 is 24.1 Å². The van der Waals surface area contributed by atoms with Gasteiger partial charge in [-0.15, -0.1) is 0 Å². The Bertz CT molecular complexity index is 1170. The summed E-state index contributed by atoms with van der Waals surface area (Å²) in [5, 5.41) is 8.88. The van der Waals surface area contributed by atoms with Crippen LogP contribution in [0, 0.1) is 23.7 Å². The van der Waals surface area contributed by atoms with Crippen molar-refractivity contribution in [3.8, 4) is 29.4 Å². The molecule has 33 heavy (non-hydrogen) atoms. The maximum Gasteiger partial charge on any atom is 0.337 e. The van der Waals surface area contributed by atoms with Crippen LogP contribution in [0.5, 0.6) is 5.75 Å². The molecule has 0 spiro atoms. The highest BCUT2D eigenvalue weighted by Gasteiger charge is 2.15. The Hall–Kier alpha value is -4.03. The smallest absolute Gasteiger partial charge is 0.337 e. The van der Waals surface area contributed by atoms with Crippen LogP contribution in [-0.2, 0) is 9.47 Å². The van der Waals surface area contributed by atoms with Gasteiger partial charge in [-0.25, -0.2) is 4.79 Å². The van der Waals surface area contributed by atoms with Crippen LogP contribution < -0.4 is 4.74 Å². The van der Waals surface area contributed by atoms with Crippen molar-refractivity contribution in [2.45, 2.75) is 6.10 Å². The lowest BCUT2D eigenvalue weighted by Gasteiger charge is -2.18. The Morgan fingerprint density at radius 2 is 1.36 bits per heavy atom. The number of aliphatic hydroxyl groups excluding tert-OH is 1. The Morgan fingerprint density at radius 1 is 0.818 bits per heavy atom. The summed E-state index contributed by atoms with van der Waals surface area (Å²) in [4.78, 5) is 11.5. The molecule has 0 saturated heterocycles. The predicted octanol–water partition coefficient (Wildman–Crippen LogP) is 3.98. The van der Waals surface area contributed by atoms with Crippen molar-refractivity contribution >= 4 is 5.97 Å². The van der Waals surface area contributed by atoms with Gasteiger partial charge >= 0.3 is 5.97 Å². The molecule has 0 radical (unpaired) electrons. The lowest BCUT2D eigenvalue weighted by Crippen LogP contribution is -2.07. The van der Waals surface area contributed by atoms with Crippen LogP contribution >= 0.6 is 0 Å². The maximum atomic E-state index is 11.5. The molecule has 0 aliphatic heterocycles. The summed E-state index contributed by atoms with van der Waals surface area (Å²) in [6.45, 7) is 0.0327. The molecule has 1 atom stereocenters. The molecule has 0 bridgehead atoms. The SMILES string of the molecule is COC(=O)c1ccc(C#CCOC(c2ccc(C#CCO)cc2)c2ccc(OC)cc2)cc1. The summed E-state index contributed by atoms with van der Waals surface area (Å²) in [5.41, 5.74) is 4.00. The molecule has 0 aliphatic carbocycles. The summed E-state index contributed by atoms with van der Waals surface area (Å²) in [6.07, 6.45) is -0.327. The fourth-order valence-electron chi connectivity index (χ4n) is 3.12. The Kier molecular flexibility index (Phi) is 8.68. The van der Waals surface area contributed by atoms with Gasteiger partial charge in [-0.3, -0.25) is 0 Å². The van der Waals surface area contributed by atoms with Crippen LogP contribution in [0.2, 0.25) is 0 Å². The van der Waals surface area contributed by atoms with Crippen molar-refractivity contribution in [1.29, 1.82) is 0 Å². The number of esters is 1. The molecule has 5 heteroatoms. The Labute approximate surface area is 193 Å². The van der Waals surface area contributed by atoms with Crippen LogP contribution in [0.3, 0.4) is 0 Å². The third kappa shape index (κ3) is 6.72. The number of methoxy groups -OCH3 is 2. The van der Waals surface area contributed by atoms with Gasteiger partial charge in [0.15, 0.2) is 0 Å². The second kappa shape index (κ2) is 12.1. The van der Waals surface area contributed by atoms with Crippen molar-refractivity contribution in [1.82, 2.24) is 0 Å². The summed E-state index contributed by atoms with van der Waals surface area (Å²) in [6, 6.07) is 22.3. The molecule has 166 valence electrons. The second-order valence-corrected chi connectivity index (χ2v) is 6.92. The van der Waals surface area contributed by atoms with Crippen LogP contribution in [0.1, 0.15) is 38.7 Å². The van der Waals surface area contributed by atoms with Gasteiger partial charge in [0.05, 0.1) is 19.8 Å². The van der Waals surface area contributed by atoms with Crippen molar-refractivity contribution in [3.63, 3.8) is 0 Å². The molecular weight excluding hydrogens is 416 g/mol. The number of carbonyl (C=O) groups is 1. The molecule has 0 fully saturated rings. The molecular formula is C28H24O5. The summed E-state index contributed by atoms with van der Waals surface area (Å²) in [5.74, 6) is 12.0.